The second-order valence-corrected chi connectivity index (χ2v) is 5.81. The minimum atomic E-state index is -0.833. The Bertz CT molecular complexity index is 670. The molecule has 0 aromatic heterocycles. The summed E-state index contributed by atoms with van der Waals surface area (Å²) in [6, 6.07) is 9.69. The summed E-state index contributed by atoms with van der Waals surface area (Å²) in [5.74, 6) is 0.456. The van der Waals surface area contributed by atoms with E-state index in [1.54, 1.807) is 0 Å². The van der Waals surface area contributed by atoms with Crippen molar-refractivity contribution in [2.24, 2.45) is 0 Å². The molecule has 1 heterocycles. The van der Waals surface area contributed by atoms with Crippen molar-refractivity contribution in [3.63, 3.8) is 0 Å². The predicted molar refractivity (Wildman–Crippen MR) is 82.0 cm³/mol. The molecule has 3 rings (SSSR count). The van der Waals surface area contributed by atoms with Crippen molar-refractivity contribution in [3.05, 3.63) is 35.9 Å². The molecule has 0 aliphatic carbocycles. The van der Waals surface area contributed by atoms with Crippen LogP contribution in [0.25, 0.3) is 10.8 Å². The average molecular weight is 288 g/mol. The highest BCUT2D eigenvalue weighted by atomic mass is 16.5. The van der Waals surface area contributed by atoms with Crippen LogP contribution in [0, 0.1) is 0 Å². The fourth-order valence-electron chi connectivity index (χ4n) is 2.46. The summed E-state index contributed by atoms with van der Waals surface area (Å²) in [5.41, 5.74) is 0.993. The van der Waals surface area contributed by atoms with Gasteiger partial charge in [0.1, 0.15) is 17.1 Å². The molecule has 0 saturated carbocycles. The number of benzene rings is 2. The van der Waals surface area contributed by atoms with Gasteiger partial charge >= 0.3 is 0 Å². The third-order valence-corrected chi connectivity index (χ3v) is 3.42. The smallest absolute Gasteiger partial charge is 0.300 e. The Kier molecular flexibility index (Phi) is 4.07. The van der Waals surface area contributed by atoms with Crippen molar-refractivity contribution in [2.75, 3.05) is 0 Å². The maximum atomic E-state index is 10.0. The van der Waals surface area contributed by atoms with E-state index in [-0.39, 0.29) is 5.60 Å². The first-order valence-corrected chi connectivity index (χ1v) is 6.92. The third-order valence-electron chi connectivity index (χ3n) is 3.42. The molecule has 0 radical (unpaired) electrons. The van der Waals surface area contributed by atoms with Gasteiger partial charge in [0.05, 0.1) is 0 Å². The summed E-state index contributed by atoms with van der Waals surface area (Å²) in [6.07, 6.45) is 1.94. The number of phenols is 1. The molecule has 0 amide bonds. The number of carboxylic acid groups (broad SMARTS) is 1. The highest BCUT2D eigenvalue weighted by molar-refractivity contribution is 5.94. The van der Waals surface area contributed by atoms with Crippen LogP contribution in [0.15, 0.2) is 30.3 Å². The average Bonchev–Trinajstić information content (AvgIpc) is 2.39. The molecule has 2 N–H and O–H groups in total. The van der Waals surface area contributed by atoms with E-state index in [1.165, 1.54) is 0 Å². The number of aromatic hydroxyl groups is 1. The number of rotatable bonds is 0. The number of hydrogen-bond acceptors (Lipinski definition) is 3. The highest BCUT2D eigenvalue weighted by Crippen LogP contribution is 2.42. The first-order chi connectivity index (χ1) is 9.80. The van der Waals surface area contributed by atoms with Crippen LogP contribution in [0.2, 0.25) is 0 Å². The van der Waals surface area contributed by atoms with Gasteiger partial charge in [-0.05, 0) is 38.3 Å². The standard InChI is InChI=1S/C15H16O2.C2H4O2/c1-15(2)8-7-10-9-13(16)11-5-3-4-6-12(11)14(10)17-15;1-2(3)4/h3-6,9,16H,7-8H2,1-2H3;1H3,(H,3,4). The van der Waals surface area contributed by atoms with E-state index in [4.69, 9.17) is 14.6 Å². The van der Waals surface area contributed by atoms with Crippen LogP contribution in [-0.4, -0.2) is 21.8 Å². The molecule has 2 aromatic rings. The molecule has 4 nitrogen and oxygen atoms in total. The normalized spacial score (nSPS) is 15.4. The third kappa shape index (κ3) is 3.45. The molecule has 2 aromatic carbocycles. The lowest BCUT2D eigenvalue weighted by Crippen LogP contribution is -2.32. The Hall–Kier alpha value is -2.23. The van der Waals surface area contributed by atoms with Crippen LogP contribution in [0.5, 0.6) is 11.5 Å². The largest absolute Gasteiger partial charge is 0.507 e. The van der Waals surface area contributed by atoms with E-state index in [2.05, 4.69) is 13.8 Å². The van der Waals surface area contributed by atoms with E-state index < -0.39 is 5.97 Å². The molecule has 1 aliphatic rings. The van der Waals surface area contributed by atoms with Crippen LogP contribution < -0.4 is 4.74 Å². The van der Waals surface area contributed by atoms with Gasteiger partial charge in [0.25, 0.3) is 5.97 Å². The van der Waals surface area contributed by atoms with Crippen LogP contribution >= 0.6 is 0 Å². The van der Waals surface area contributed by atoms with Crippen molar-refractivity contribution >= 4 is 16.7 Å². The Morgan fingerprint density at radius 3 is 2.43 bits per heavy atom. The molecule has 0 saturated heterocycles. The lowest BCUT2D eigenvalue weighted by Gasteiger charge is -2.33. The topological polar surface area (TPSA) is 66.8 Å². The van der Waals surface area contributed by atoms with Crippen LogP contribution in [0.3, 0.4) is 0 Å². The summed E-state index contributed by atoms with van der Waals surface area (Å²) in [7, 11) is 0. The van der Waals surface area contributed by atoms with E-state index >= 15 is 0 Å². The van der Waals surface area contributed by atoms with Gasteiger partial charge in [0.15, 0.2) is 0 Å². The molecule has 0 atom stereocenters. The number of fused-ring (bicyclic) bond motifs is 3. The maximum absolute atomic E-state index is 10.0. The molecule has 0 bridgehead atoms. The summed E-state index contributed by atoms with van der Waals surface area (Å²) in [5, 5.41) is 19.3. The Morgan fingerprint density at radius 1 is 1.24 bits per heavy atom. The number of carbonyl (C=O) groups is 1. The van der Waals surface area contributed by atoms with Crippen molar-refractivity contribution < 1.29 is 19.7 Å². The summed E-state index contributed by atoms with van der Waals surface area (Å²) < 4.78 is 6.08. The van der Waals surface area contributed by atoms with Gasteiger partial charge in [0.2, 0.25) is 0 Å². The van der Waals surface area contributed by atoms with Crippen molar-refractivity contribution in [3.8, 4) is 11.5 Å². The zero-order valence-corrected chi connectivity index (χ0v) is 12.5. The number of aliphatic carboxylic acids is 1. The summed E-state index contributed by atoms with van der Waals surface area (Å²) in [6.45, 7) is 5.30. The zero-order valence-electron chi connectivity index (χ0n) is 12.5. The van der Waals surface area contributed by atoms with E-state index in [0.29, 0.717) is 5.75 Å². The fourth-order valence-corrected chi connectivity index (χ4v) is 2.46. The number of aryl methyl sites for hydroxylation is 1. The fraction of sp³-hybridized carbons (Fsp3) is 0.353. The highest BCUT2D eigenvalue weighted by Gasteiger charge is 2.28. The number of phenolic OH excluding ortho intramolecular Hbond substituents is 1. The first-order valence-electron chi connectivity index (χ1n) is 6.92. The molecular weight excluding hydrogens is 268 g/mol. The van der Waals surface area contributed by atoms with Gasteiger partial charge in [-0.25, -0.2) is 0 Å². The van der Waals surface area contributed by atoms with Crippen LogP contribution in [-0.2, 0) is 11.2 Å². The monoisotopic (exact) mass is 288 g/mol. The van der Waals surface area contributed by atoms with Gasteiger partial charge in [-0.2, -0.15) is 0 Å². The van der Waals surface area contributed by atoms with Crippen molar-refractivity contribution in [1.82, 2.24) is 0 Å². The quantitative estimate of drug-likeness (QED) is 0.775. The predicted octanol–water partition coefficient (Wildman–Crippen LogP) is 3.74. The minimum absolute atomic E-state index is 0.118. The second-order valence-electron chi connectivity index (χ2n) is 5.81. The van der Waals surface area contributed by atoms with Crippen LogP contribution in [0.4, 0.5) is 0 Å². The molecule has 4 heteroatoms. The van der Waals surface area contributed by atoms with Gasteiger partial charge < -0.3 is 14.9 Å². The Balaban J connectivity index is 0.000000361. The molecule has 0 fully saturated rings. The van der Waals surface area contributed by atoms with E-state index in [0.717, 1.165) is 41.9 Å². The summed E-state index contributed by atoms with van der Waals surface area (Å²) in [4.78, 5) is 9.00. The van der Waals surface area contributed by atoms with Crippen molar-refractivity contribution in [1.29, 1.82) is 0 Å². The lowest BCUT2D eigenvalue weighted by molar-refractivity contribution is -0.134. The molecule has 0 spiro atoms. The van der Waals surface area contributed by atoms with Gasteiger partial charge in [-0.3, -0.25) is 4.79 Å². The van der Waals surface area contributed by atoms with Crippen LogP contribution in [0.1, 0.15) is 32.8 Å². The molecule has 21 heavy (non-hydrogen) atoms. The number of ether oxygens (including phenoxy) is 1. The van der Waals surface area contributed by atoms with Gasteiger partial charge in [-0.15, -0.1) is 0 Å². The molecular formula is C17H20O4. The summed E-state index contributed by atoms with van der Waals surface area (Å²) >= 11 is 0. The molecule has 112 valence electrons. The minimum Gasteiger partial charge on any atom is -0.507 e. The number of carboxylic acids is 1. The van der Waals surface area contributed by atoms with Gasteiger partial charge in [0, 0.05) is 17.7 Å². The molecule has 0 unspecified atom stereocenters. The maximum Gasteiger partial charge on any atom is 0.300 e. The first kappa shape index (κ1) is 15.2. The van der Waals surface area contributed by atoms with Gasteiger partial charge in [-0.1, -0.05) is 24.3 Å². The van der Waals surface area contributed by atoms with E-state index in [1.807, 2.05) is 30.3 Å². The number of hydrogen-bond donors (Lipinski definition) is 2. The van der Waals surface area contributed by atoms with E-state index in [9.17, 15) is 5.11 Å². The SMILES string of the molecule is CC(=O)O.CC1(C)CCc2cc(O)c3ccccc3c2O1. The Morgan fingerprint density at radius 2 is 1.81 bits per heavy atom. The zero-order chi connectivity index (χ0) is 15.6. The second kappa shape index (κ2) is 5.64. The lowest BCUT2D eigenvalue weighted by atomic mass is 9.92. The van der Waals surface area contributed by atoms with Crippen molar-refractivity contribution in [2.45, 2.75) is 39.2 Å². The Labute approximate surface area is 124 Å². The molecule has 1 aliphatic heterocycles.